The summed E-state index contributed by atoms with van der Waals surface area (Å²) in [6, 6.07) is 17.4. The van der Waals surface area contributed by atoms with Gasteiger partial charge in [0.25, 0.3) is 0 Å². The number of ether oxygens (including phenoxy) is 1. The normalized spacial score (nSPS) is 17.6. The van der Waals surface area contributed by atoms with Crippen molar-refractivity contribution in [3.8, 4) is 17.0 Å². The number of hydrogen-bond acceptors (Lipinski definition) is 8. The Morgan fingerprint density at radius 1 is 1.11 bits per heavy atom. The number of hydrogen-bond donors (Lipinski definition) is 1. The molecule has 1 saturated heterocycles. The summed E-state index contributed by atoms with van der Waals surface area (Å²) in [5, 5.41) is 24.2. The van der Waals surface area contributed by atoms with Gasteiger partial charge in [-0.1, -0.05) is 31.1 Å². The van der Waals surface area contributed by atoms with Crippen LogP contribution in [-0.4, -0.2) is 46.6 Å². The summed E-state index contributed by atoms with van der Waals surface area (Å²) in [6.45, 7) is 5.97. The molecular weight excluding hydrogens is 468 g/mol. The Morgan fingerprint density at radius 2 is 1.89 bits per heavy atom. The maximum Gasteiger partial charge on any atom is 0.316 e. The van der Waals surface area contributed by atoms with Crippen LogP contribution in [0.25, 0.3) is 22.2 Å². The van der Waals surface area contributed by atoms with E-state index in [0.717, 1.165) is 42.5 Å². The molecule has 0 radical (unpaired) electrons. The molecule has 3 heterocycles. The van der Waals surface area contributed by atoms with Gasteiger partial charge < -0.3 is 19.3 Å². The number of fused-ring (bicyclic) bond motifs is 1. The third-order valence-corrected chi connectivity index (χ3v) is 7.92. The van der Waals surface area contributed by atoms with Gasteiger partial charge >= 0.3 is 5.97 Å². The predicted molar refractivity (Wildman–Crippen MR) is 139 cm³/mol. The highest BCUT2D eigenvalue weighted by molar-refractivity contribution is 5.86. The zero-order chi connectivity index (χ0) is 25.7. The lowest BCUT2D eigenvalue weighted by atomic mass is 9.57. The Hall–Kier alpha value is -3.94. The molecular formula is C29H30N4O4. The number of aromatic nitrogens is 3. The molecule has 2 aromatic carbocycles. The third kappa shape index (κ3) is 4.10. The number of methoxy groups -OCH3 is 1. The Balaban J connectivity index is 1.12. The largest absolute Gasteiger partial charge is 0.507 e. The SMILES string of the molecule is COC(=O)C(c1cc(C2CC3(C2)CN(c2ccc4nnc(-c5ccccc5O)cc4c2)C3)no1)C(C)C. The van der Waals surface area contributed by atoms with Gasteiger partial charge in [-0.25, -0.2) is 0 Å². The zero-order valence-corrected chi connectivity index (χ0v) is 21.2. The number of benzene rings is 2. The number of nitrogens with zero attached hydrogens (tertiary/aromatic N) is 4. The Bertz CT molecular complexity index is 1470. The maximum atomic E-state index is 12.2. The van der Waals surface area contributed by atoms with E-state index in [2.05, 4.69) is 32.4 Å². The van der Waals surface area contributed by atoms with Gasteiger partial charge in [-0.3, -0.25) is 4.79 Å². The third-order valence-electron chi connectivity index (χ3n) is 7.92. The number of phenolic OH excluding ortho intramolecular Hbond substituents is 1. The second kappa shape index (κ2) is 8.87. The highest BCUT2D eigenvalue weighted by atomic mass is 16.5. The molecule has 6 rings (SSSR count). The van der Waals surface area contributed by atoms with E-state index in [4.69, 9.17) is 9.26 Å². The first-order valence-corrected chi connectivity index (χ1v) is 12.7. The van der Waals surface area contributed by atoms with E-state index in [9.17, 15) is 9.90 Å². The van der Waals surface area contributed by atoms with Crippen molar-refractivity contribution < 1.29 is 19.2 Å². The van der Waals surface area contributed by atoms with Crippen LogP contribution < -0.4 is 4.90 Å². The molecule has 0 bridgehead atoms. The summed E-state index contributed by atoms with van der Waals surface area (Å²) in [6.07, 6.45) is 2.13. The van der Waals surface area contributed by atoms with Gasteiger partial charge in [0.1, 0.15) is 11.7 Å². The topological polar surface area (TPSA) is 102 Å². The molecule has 1 atom stereocenters. The number of rotatable bonds is 6. The van der Waals surface area contributed by atoms with Crippen molar-refractivity contribution in [1.82, 2.24) is 15.4 Å². The van der Waals surface area contributed by atoms with E-state index in [0.29, 0.717) is 28.4 Å². The van der Waals surface area contributed by atoms with Crippen LogP contribution in [0, 0.1) is 11.3 Å². The summed E-state index contributed by atoms with van der Waals surface area (Å²) in [7, 11) is 1.41. The number of carbonyl (C=O) groups is 1. The first kappa shape index (κ1) is 23.5. The molecule has 1 aliphatic heterocycles. The van der Waals surface area contributed by atoms with Crippen molar-refractivity contribution in [2.75, 3.05) is 25.1 Å². The monoisotopic (exact) mass is 498 g/mol. The molecule has 2 aromatic heterocycles. The van der Waals surface area contributed by atoms with Gasteiger partial charge in [0.2, 0.25) is 0 Å². The molecule has 1 saturated carbocycles. The quantitative estimate of drug-likeness (QED) is 0.358. The second-order valence-electron chi connectivity index (χ2n) is 10.9. The first-order valence-electron chi connectivity index (χ1n) is 12.7. The van der Waals surface area contributed by atoms with Crippen molar-refractivity contribution in [2.24, 2.45) is 11.3 Å². The standard InChI is InChI=1S/C29H30N4O4/c1-17(2)27(28(35)36-3)26-12-23(32-37-26)19-13-29(14-19)15-33(16-29)20-8-9-22-18(10-20)11-24(31-30-22)21-6-4-5-7-25(21)34/h4-12,17,19,27,34H,13-16H2,1-3H3. The highest BCUT2D eigenvalue weighted by Crippen LogP contribution is 2.56. The van der Waals surface area contributed by atoms with Crippen molar-refractivity contribution in [1.29, 1.82) is 0 Å². The van der Waals surface area contributed by atoms with Crippen LogP contribution in [0.5, 0.6) is 5.75 Å². The van der Waals surface area contributed by atoms with E-state index in [1.165, 1.54) is 12.8 Å². The fraction of sp³-hybridized carbons (Fsp3) is 0.379. The van der Waals surface area contributed by atoms with E-state index in [1.807, 2.05) is 44.2 Å². The number of anilines is 1. The van der Waals surface area contributed by atoms with Crippen LogP contribution in [-0.2, 0) is 9.53 Å². The van der Waals surface area contributed by atoms with Gasteiger partial charge in [0.05, 0.1) is 24.0 Å². The van der Waals surface area contributed by atoms with Crippen LogP contribution >= 0.6 is 0 Å². The Labute approximate surface area is 215 Å². The fourth-order valence-corrected chi connectivity index (χ4v) is 5.94. The van der Waals surface area contributed by atoms with E-state index in [1.54, 1.807) is 12.1 Å². The number of para-hydroxylation sites is 1. The zero-order valence-electron chi connectivity index (χ0n) is 21.2. The van der Waals surface area contributed by atoms with Crippen molar-refractivity contribution >= 4 is 22.6 Å². The second-order valence-corrected chi connectivity index (χ2v) is 10.9. The summed E-state index contributed by atoms with van der Waals surface area (Å²) >= 11 is 0. The van der Waals surface area contributed by atoms with Crippen LogP contribution in [0.2, 0.25) is 0 Å². The minimum atomic E-state index is -0.427. The summed E-state index contributed by atoms with van der Waals surface area (Å²) < 4.78 is 10.5. The van der Waals surface area contributed by atoms with Crippen LogP contribution in [0.1, 0.15) is 50.0 Å². The predicted octanol–water partition coefficient (Wildman–Crippen LogP) is 5.29. The van der Waals surface area contributed by atoms with Gasteiger partial charge in [0, 0.05) is 47.1 Å². The average Bonchev–Trinajstić information content (AvgIpc) is 3.31. The summed E-state index contributed by atoms with van der Waals surface area (Å²) in [4.78, 5) is 14.6. The molecule has 8 heteroatoms. The number of carbonyl (C=O) groups excluding carboxylic acids is 1. The molecule has 4 aromatic rings. The molecule has 8 nitrogen and oxygen atoms in total. The molecule has 190 valence electrons. The Kier molecular flexibility index (Phi) is 5.62. The molecule has 1 N–H and O–H groups in total. The molecule has 0 amide bonds. The molecule has 1 aliphatic carbocycles. The van der Waals surface area contributed by atoms with Crippen LogP contribution in [0.4, 0.5) is 5.69 Å². The molecule has 1 unspecified atom stereocenters. The lowest BCUT2D eigenvalue weighted by Gasteiger charge is -2.59. The van der Waals surface area contributed by atoms with Crippen molar-refractivity contribution in [3.63, 3.8) is 0 Å². The fourth-order valence-electron chi connectivity index (χ4n) is 5.94. The minimum Gasteiger partial charge on any atom is -0.507 e. The highest BCUT2D eigenvalue weighted by Gasteiger charge is 2.53. The number of phenols is 1. The van der Waals surface area contributed by atoms with E-state index in [-0.39, 0.29) is 17.6 Å². The molecule has 37 heavy (non-hydrogen) atoms. The maximum absolute atomic E-state index is 12.2. The van der Waals surface area contributed by atoms with Crippen molar-refractivity contribution in [2.45, 2.75) is 38.5 Å². The van der Waals surface area contributed by atoms with Crippen molar-refractivity contribution in [3.05, 3.63) is 66.1 Å². The van der Waals surface area contributed by atoms with Gasteiger partial charge in [0.15, 0.2) is 5.76 Å². The Morgan fingerprint density at radius 3 is 2.62 bits per heavy atom. The molecule has 2 fully saturated rings. The van der Waals surface area contributed by atoms with E-state index >= 15 is 0 Å². The smallest absolute Gasteiger partial charge is 0.316 e. The molecule has 2 aliphatic rings. The van der Waals surface area contributed by atoms with Gasteiger partial charge in [-0.2, -0.15) is 0 Å². The summed E-state index contributed by atoms with van der Waals surface area (Å²) in [5.74, 6) is 0.507. The van der Waals surface area contributed by atoms with Crippen LogP contribution in [0.3, 0.4) is 0 Å². The number of aromatic hydroxyl groups is 1. The average molecular weight is 499 g/mol. The summed E-state index contributed by atoms with van der Waals surface area (Å²) in [5.41, 5.74) is 4.57. The van der Waals surface area contributed by atoms with Gasteiger partial charge in [-0.05, 0) is 55.2 Å². The van der Waals surface area contributed by atoms with Crippen LogP contribution in [0.15, 0.2) is 59.1 Å². The lowest BCUT2D eigenvalue weighted by Crippen LogP contribution is -2.61. The lowest BCUT2D eigenvalue weighted by molar-refractivity contribution is -0.144. The minimum absolute atomic E-state index is 0.0727. The number of esters is 1. The van der Waals surface area contributed by atoms with E-state index < -0.39 is 5.92 Å². The first-order chi connectivity index (χ1) is 17.9. The molecule has 1 spiro atoms. The van der Waals surface area contributed by atoms with Gasteiger partial charge in [-0.15, -0.1) is 10.2 Å².